The number of carbonyl (C=O) groups excluding carboxylic acids is 1. The molecule has 0 aliphatic carbocycles. The van der Waals surface area contributed by atoms with Crippen LogP contribution in [-0.4, -0.2) is 5.43 Å². The van der Waals surface area contributed by atoms with Crippen LogP contribution in [0.25, 0.3) is 0 Å². The zero-order valence-electron chi connectivity index (χ0n) is 5.68. The molecule has 12 heavy (non-hydrogen) atoms. The van der Waals surface area contributed by atoms with Crippen LogP contribution < -0.4 is 4.74 Å². The lowest BCUT2D eigenvalue weighted by molar-refractivity contribution is 0.225. The third-order valence-electron chi connectivity index (χ3n) is 1.10. The molecular weight excluding hydrogens is 311 g/mol. The van der Waals surface area contributed by atoms with Crippen molar-refractivity contribution in [2.24, 2.45) is 0 Å². The van der Waals surface area contributed by atoms with Crippen molar-refractivity contribution < 1.29 is 9.53 Å². The normalized spacial score (nSPS) is 9.58. The van der Waals surface area contributed by atoms with Crippen molar-refractivity contribution in [3.05, 3.63) is 27.1 Å². The molecule has 0 heterocycles. The summed E-state index contributed by atoms with van der Waals surface area (Å²) in [4.78, 5) is 10.4. The van der Waals surface area contributed by atoms with Gasteiger partial charge in [0, 0.05) is 11.6 Å². The van der Waals surface area contributed by atoms with Gasteiger partial charge in [0.2, 0.25) is 0 Å². The van der Waals surface area contributed by atoms with E-state index in [-0.39, 0.29) is 0 Å². The molecule has 0 fully saturated rings. The second kappa shape index (κ2) is 4.25. The van der Waals surface area contributed by atoms with Gasteiger partial charge in [-0.05, 0) is 44.0 Å². The van der Waals surface area contributed by atoms with Crippen LogP contribution in [0.15, 0.2) is 27.1 Å². The highest BCUT2D eigenvalue weighted by Crippen LogP contribution is 2.33. The fourth-order valence-electron chi connectivity index (χ4n) is 0.660. The molecule has 1 aromatic rings. The number of para-hydroxylation sites is 1. The summed E-state index contributed by atoms with van der Waals surface area (Å²) in [6.45, 7) is 0. The SMILES string of the molecule is O=C(Cl)Oc1c(Br)cccc1Br. The number of benzene rings is 1. The summed E-state index contributed by atoms with van der Waals surface area (Å²) >= 11 is 11.5. The Balaban J connectivity index is 3.04. The molecule has 0 saturated carbocycles. The van der Waals surface area contributed by atoms with Crippen LogP contribution in [-0.2, 0) is 0 Å². The van der Waals surface area contributed by atoms with E-state index in [1.165, 1.54) is 0 Å². The lowest BCUT2D eigenvalue weighted by Gasteiger charge is -2.04. The smallest absolute Gasteiger partial charge is 0.409 e. The zero-order chi connectivity index (χ0) is 9.14. The third-order valence-corrected chi connectivity index (χ3v) is 2.43. The van der Waals surface area contributed by atoms with Gasteiger partial charge in [0.25, 0.3) is 0 Å². The van der Waals surface area contributed by atoms with Gasteiger partial charge in [0.15, 0.2) is 5.75 Å². The van der Waals surface area contributed by atoms with Crippen molar-refractivity contribution in [2.45, 2.75) is 0 Å². The quantitative estimate of drug-likeness (QED) is 0.734. The van der Waals surface area contributed by atoms with Crippen LogP contribution in [0.4, 0.5) is 4.79 Å². The molecule has 0 aromatic heterocycles. The second-order valence-corrected chi connectivity index (χ2v) is 3.91. The minimum absolute atomic E-state index is 0.387. The van der Waals surface area contributed by atoms with E-state index in [1.807, 2.05) is 0 Å². The first-order valence-electron chi connectivity index (χ1n) is 2.92. The van der Waals surface area contributed by atoms with Gasteiger partial charge in [-0.2, -0.15) is 0 Å². The number of hydrogen-bond acceptors (Lipinski definition) is 2. The Hall–Kier alpha value is -0.0600. The average molecular weight is 314 g/mol. The highest BCUT2D eigenvalue weighted by Gasteiger charge is 2.08. The van der Waals surface area contributed by atoms with Gasteiger partial charge in [-0.25, -0.2) is 4.79 Å². The molecule has 0 saturated heterocycles. The molecule has 0 aliphatic heterocycles. The van der Waals surface area contributed by atoms with E-state index in [9.17, 15) is 4.79 Å². The van der Waals surface area contributed by atoms with E-state index in [2.05, 4.69) is 31.9 Å². The summed E-state index contributed by atoms with van der Waals surface area (Å²) in [6, 6.07) is 5.31. The van der Waals surface area contributed by atoms with Gasteiger partial charge in [0.1, 0.15) is 0 Å². The van der Waals surface area contributed by atoms with E-state index < -0.39 is 5.43 Å². The fourth-order valence-corrected chi connectivity index (χ4v) is 1.90. The minimum Gasteiger partial charge on any atom is -0.412 e. The number of hydrogen-bond donors (Lipinski definition) is 0. The first-order valence-corrected chi connectivity index (χ1v) is 4.89. The molecule has 0 aliphatic rings. The van der Waals surface area contributed by atoms with Gasteiger partial charge in [-0.3, -0.25) is 0 Å². The maximum atomic E-state index is 10.4. The largest absolute Gasteiger partial charge is 0.412 e. The topological polar surface area (TPSA) is 26.3 Å². The van der Waals surface area contributed by atoms with Gasteiger partial charge in [-0.1, -0.05) is 6.07 Å². The Kier molecular flexibility index (Phi) is 3.55. The van der Waals surface area contributed by atoms with Crippen molar-refractivity contribution in [1.82, 2.24) is 0 Å². The Morgan fingerprint density at radius 2 is 1.83 bits per heavy atom. The number of carbonyl (C=O) groups is 1. The standard InChI is InChI=1S/C7H3Br2ClO2/c8-4-2-1-3-5(9)6(4)12-7(10)11/h1-3H. The number of halogens is 3. The Bertz CT molecular complexity index is 294. The second-order valence-electron chi connectivity index (χ2n) is 1.89. The lowest BCUT2D eigenvalue weighted by Crippen LogP contribution is -1.97. The molecule has 0 radical (unpaired) electrons. The molecule has 1 aromatic carbocycles. The van der Waals surface area contributed by atoms with Crippen molar-refractivity contribution in [2.75, 3.05) is 0 Å². The summed E-state index contributed by atoms with van der Waals surface area (Å²) in [5.41, 5.74) is -0.859. The van der Waals surface area contributed by atoms with E-state index in [1.54, 1.807) is 18.2 Å². The Labute approximate surface area is 91.1 Å². The van der Waals surface area contributed by atoms with Crippen molar-refractivity contribution in [1.29, 1.82) is 0 Å². The molecule has 1 rings (SSSR count). The molecule has 64 valence electrons. The fraction of sp³-hybridized carbons (Fsp3) is 0. The van der Waals surface area contributed by atoms with Crippen LogP contribution in [0.2, 0.25) is 0 Å². The van der Waals surface area contributed by atoms with Crippen LogP contribution in [0, 0.1) is 0 Å². The Morgan fingerprint density at radius 1 is 1.33 bits per heavy atom. The van der Waals surface area contributed by atoms with Crippen LogP contribution in [0.5, 0.6) is 5.75 Å². The van der Waals surface area contributed by atoms with Gasteiger partial charge in [0.05, 0.1) is 8.95 Å². The van der Waals surface area contributed by atoms with E-state index in [0.717, 1.165) is 0 Å². The summed E-state index contributed by atoms with van der Waals surface area (Å²) in [7, 11) is 0. The van der Waals surface area contributed by atoms with Gasteiger partial charge in [-0.15, -0.1) is 0 Å². The molecule has 0 unspecified atom stereocenters. The molecular formula is C7H3Br2ClO2. The maximum Gasteiger partial charge on any atom is 0.409 e. The summed E-state index contributed by atoms with van der Waals surface area (Å²) in [5.74, 6) is 0.387. The molecule has 0 amide bonds. The van der Waals surface area contributed by atoms with E-state index >= 15 is 0 Å². The van der Waals surface area contributed by atoms with Gasteiger partial charge < -0.3 is 4.74 Å². The molecule has 5 heteroatoms. The van der Waals surface area contributed by atoms with Crippen molar-refractivity contribution in [3.63, 3.8) is 0 Å². The summed E-state index contributed by atoms with van der Waals surface area (Å²) < 4.78 is 6.05. The predicted octanol–water partition coefficient (Wildman–Crippen LogP) is 3.95. The van der Waals surface area contributed by atoms with Crippen molar-refractivity contribution >= 4 is 48.9 Å². The van der Waals surface area contributed by atoms with Crippen LogP contribution in [0.3, 0.4) is 0 Å². The van der Waals surface area contributed by atoms with Crippen molar-refractivity contribution in [3.8, 4) is 5.75 Å². The molecule has 0 atom stereocenters. The van der Waals surface area contributed by atoms with E-state index in [4.69, 9.17) is 16.3 Å². The number of ether oxygens (including phenoxy) is 1. The highest BCUT2D eigenvalue weighted by atomic mass is 79.9. The predicted molar refractivity (Wildman–Crippen MR) is 53.7 cm³/mol. The number of rotatable bonds is 1. The first kappa shape index (κ1) is 10.0. The molecule has 0 N–H and O–H groups in total. The summed E-state index contributed by atoms with van der Waals surface area (Å²) in [5, 5.41) is 0. The highest BCUT2D eigenvalue weighted by molar-refractivity contribution is 9.11. The maximum absolute atomic E-state index is 10.4. The summed E-state index contributed by atoms with van der Waals surface area (Å²) in [6.07, 6.45) is 0. The van der Waals surface area contributed by atoms with Gasteiger partial charge >= 0.3 is 5.43 Å². The van der Waals surface area contributed by atoms with Crippen LogP contribution in [0.1, 0.15) is 0 Å². The molecule has 2 nitrogen and oxygen atoms in total. The monoisotopic (exact) mass is 312 g/mol. The molecule has 0 spiro atoms. The molecule has 0 bridgehead atoms. The minimum atomic E-state index is -0.859. The van der Waals surface area contributed by atoms with Crippen LogP contribution >= 0.6 is 43.5 Å². The van der Waals surface area contributed by atoms with E-state index in [0.29, 0.717) is 14.7 Å². The first-order chi connectivity index (χ1) is 5.61. The average Bonchev–Trinajstić information content (AvgIpc) is 1.97. The lowest BCUT2D eigenvalue weighted by atomic mass is 10.3. The Morgan fingerprint density at radius 3 is 2.25 bits per heavy atom. The zero-order valence-corrected chi connectivity index (χ0v) is 9.61. The third kappa shape index (κ3) is 2.47.